The quantitative estimate of drug-likeness (QED) is 0.423. The molecule has 40 heavy (non-hydrogen) atoms. The van der Waals surface area contributed by atoms with Crippen LogP contribution in [0.25, 0.3) is 0 Å². The summed E-state index contributed by atoms with van der Waals surface area (Å²) in [6, 6.07) is 14.8. The molecule has 6 rings (SSSR count). The van der Waals surface area contributed by atoms with Gasteiger partial charge in [0.1, 0.15) is 11.6 Å². The van der Waals surface area contributed by atoms with Gasteiger partial charge in [0.2, 0.25) is 5.95 Å². The molecule has 2 aromatic heterocycles. The van der Waals surface area contributed by atoms with Crippen molar-refractivity contribution < 1.29 is 8.95 Å². The highest BCUT2D eigenvalue weighted by atomic mass is 32.2. The van der Waals surface area contributed by atoms with E-state index in [1.54, 1.807) is 18.6 Å². The molecule has 0 spiro atoms. The van der Waals surface area contributed by atoms with Crippen LogP contribution in [0.4, 0.5) is 29.1 Å². The molecular weight excluding hydrogens is 522 g/mol. The maximum Gasteiger partial charge on any atom is 0.229 e. The van der Waals surface area contributed by atoms with E-state index in [0.29, 0.717) is 24.4 Å². The molecule has 5 heterocycles. The molecule has 1 N–H and O–H groups in total. The third-order valence-electron chi connectivity index (χ3n) is 8.46. The topological polar surface area (TPSA) is 95.8 Å². The minimum Gasteiger partial charge on any atom is -0.374 e. The zero-order chi connectivity index (χ0) is 28.3. The van der Waals surface area contributed by atoms with Gasteiger partial charge in [0.15, 0.2) is 5.82 Å². The average Bonchev–Trinajstić information content (AvgIpc) is 3.41. The van der Waals surface area contributed by atoms with Gasteiger partial charge in [0.25, 0.3) is 0 Å². The first-order chi connectivity index (χ1) is 18.9. The number of fused-ring (bicyclic) bond motifs is 3. The number of rotatable bonds is 5. The third kappa shape index (κ3) is 5.08. The Bertz CT molecular complexity index is 1540. The van der Waals surface area contributed by atoms with Gasteiger partial charge in [-0.25, -0.2) is 14.2 Å². The van der Waals surface area contributed by atoms with E-state index >= 15 is 0 Å². The molecule has 1 aromatic carbocycles. The summed E-state index contributed by atoms with van der Waals surface area (Å²) in [6.07, 6.45) is 8.40. The highest BCUT2D eigenvalue weighted by Gasteiger charge is 2.55. The van der Waals surface area contributed by atoms with Gasteiger partial charge in [-0.1, -0.05) is 25.1 Å². The third-order valence-corrected chi connectivity index (χ3v) is 9.09. The zero-order valence-corrected chi connectivity index (χ0v) is 25.0. The van der Waals surface area contributed by atoms with E-state index < -0.39 is 9.73 Å². The molecule has 3 atom stereocenters. The van der Waals surface area contributed by atoms with Crippen LogP contribution in [-0.4, -0.2) is 68.4 Å². The number of nitrogens with zero attached hydrogens (tertiary/aromatic N) is 6. The molecule has 2 fully saturated rings. The van der Waals surface area contributed by atoms with Crippen LogP contribution in [0.2, 0.25) is 0 Å². The van der Waals surface area contributed by atoms with E-state index in [4.69, 9.17) is 19.7 Å². The number of hydrogen-bond acceptors (Lipinski definition) is 9. The Labute approximate surface area is 237 Å². The maximum atomic E-state index is 12.4. The van der Waals surface area contributed by atoms with Gasteiger partial charge in [0.05, 0.1) is 18.2 Å². The molecule has 3 aliphatic rings. The highest BCUT2D eigenvalue weighted by molar-refractivity contribution is 7.92. The first kappa shape index (κ1) is 27.1. The number of ether oxygens (including phenoxy) is 1. The summed E-state index contributed by atoms with van der Waals surface area (Å²) in [5, 5.41) is 3.42. The minimum absolute atomic E-state index is 0.0637. The van der Waals surface area contributed by atoms with Crippen LogP contribution >= 0.6 is 0 Å². The monoisotopic (exact) mass is 561 g/mol. The fourth-order valence-corrected chi connectivity index (χ4v) is 6.88. The summed E-state index contributed by atoms with van der Waals surface area (Å²) in [7, 11) is -0.155. The Hall–Kier alpha value is -3.08. The van der Waals surface area contributed by atoms with Crippen LogP contribution in [0.3, 0.4) is 0 Å². The summed E-state index contributed by atoms with van der Waals surface area (Å²) in [5.41, 5.74) is 2.72. The van der Waals surface area contributed by atoms with E-state index in [1.165, 1.54) is 18.4 Å². The second kappa shape index (κ2) is 9.78. The molecule has 2 saturated heterocycles. The van der Waals surface area contributed by atoms with E-state index in [0.717, 1.165) is 35.9 Å². The number of hydrogen-bond donors (Lipinski definition) is 1. The number of nitrogens with one attached hydrogen (secondary N) is 1. The molecule has 0 unspecified atom stereocenters. The fraction of sp³-hybridized carbons (Fsp3) is 0.500. The maximum absolute atomic E-state index is 12.4. The van der Waals surface area contributed by atoms with Crippen molar-refractivity contribution in [2.75, 3.05) is 42.9 Å². The van der Waals surface area contributed by atoms with Gasteiger partial charge >= 0.3 is 0 Å². The number of anilines is 4. The van der Waals surface area contributed by atoms with Gasteiger partial charge in [-0.05, 0) is 76.5 Å². The van der Waals surface area contributed by atoms with Crippen molar-refractivity contribution in [3.8, 4) is 0 Å². The van der Waals surface area contributed by atoms with E-state index in [-0.39, 0.29) is 17.1 Å². The van der Waals surface area contributed by atoms with Crippen molar-refractivity contribution in [2.45, 2.75) is 63.1 Å². The molecule has 0 aliphatic carbocycles. The molecule has 9 nitrogen and oxygen atoms in total. The number of pyridine rings is 1. The molecular formula is C30H39N7O2S. The van der Waals surface area contributed by atoms with Crippen LogP contribution in [0.15, 0.2) is 53.0 Å². The standard InChI is InChI=1S/C30H39N7O2S/c1-29(2)17-24-30(3,19-39-29)22-18-31-28(32-21-14-12-20(13-15-21)23-9-8-16-36(23)4)34-27(22)37(24)26-11-7-10-25(33-26)35-40(5,6)38/h7,10-15,18,23-24H,8-9,16-17,19H2,1-6H3,(H,31,32,34)/t23-,24+,30+/m0/s1. The summed E-state index contributed by atoms with van der Waals surface area (Å²) >= 11 is 0. The first-order valence-electron chi connectivity index (χ1n) is 13.9. The Morgan fingerprint density at radius 1 is 1.10 bits per heavy atom. The smallest absolute Gasteiger partial charge is 0.229 e. The molecule has 3 aliphatic heterocycles. The van der Waals surface area contributed by atoms with Gasteiger partial charge in [-0.2, -0.15) is 9.35 Å². The van der Waals surface area contributed by atoms with Crippen molar-refractivity contribution in [2.24, 2.45) is 4.36 Å². The Balaban J connectivity index is 1.37. The molecule has 3 aromatic rings. The van der Waals surface area contributed by atoms with Crippen molar-refractivity contribution in [3.63, 3.8) is 0 Å². The van der Waals surface area contributed by atoms with Gasteiger partial charge in [-0.3, -0.25) is 4.90 Å². The summed E-state index contributed by atoms with van der Waals surface area (Å²) < 4.78 is 23.1. The Kier molecular flexibility index (Phi) is 6.63. The van der Waals surface area contributed by atoms with E-state index in [9.17, 15) is 4.21 Å². The molecule has 0 amide bonds. The van der Waals surface area contributed by atoms with Crippen LogP contribution < -0.4 is 10.2 Å². The van der Waals surface area contributed by atoms with Gasteiger partial charge < -0.3 is 15.0 Å². The normalized spacial score (nSPS) is 25.9. The van der Waals surface area contributed by atoms with Crippen LogP contribution in [-0.2, 0) is 19.9 Å². The Morgan fingerprint density at radius 3 is 2.58 bits per heavy atom. The molecule has 0 radical (unpaired) electrons. The molecule has 212 valence electrons. The lowest BCUT2D eigenvalue weighted by atomic mass is 9.73. The summed E-state index contributed by atoms with van der Waals surface area (Å²) in [5.74, 6) is 2.53. The van der Waals surface area contributed by atoms with Crippen LogP contribution in [0.5, 0.6) is 0 Å². The molecule has 0 saturated carbocycles. The van der Waals surface area contributed by atoms with Gasteiger partial charge in [0, 0.05) is 51.1 Å². The van der Waals surface area contributed by atoms with Crippen LogP contribution in [0.1, 0.15) is 57.2 Å². The lowest BCUT2D eigenvalue weighted by Crippen LogP contribution is -2.54. The SMILES string of the molecule is CN1CCC[C@H]1c1ccc(Nc2ncc3c(n2)N(c2cccc(N=S(C)(C)=O)n2)[C@@H]2CC(C)(C)OC[C@]32C)cc1. The second-order valence-corrected chi connectivity index (χ2v) is 15.0. The van der Waals surface area contributed by atoms with Crippen molar-refractivity contribution >= 4 is 38.8 Å². The van der Waals surface area contributed by atoms with E-state index in [1.807, 2.05) is 18.3 Å². The van der Waals surface area contributed by atoms with Gasteiger partial charge in [-0.15, -0.1) is 0 Å². The average molecular weight is 562 g/mol. The molecule has 0 bridgehead atoms. The predicted molar refractivity (Wildman–Crippen MR) is 161 cm³/mol. The lowest BCUT2D eigenvalue weighted by molar-refractivity contribution is -0.0893. The number of likely N-dealkylation sites (tertiary alicyclic amines) is 1. The largest absolute Gasteiger partial charge is 0.374 e. The number of aromatic nitrogens is 3. The summed E-state index contributed by atoms with van der Waals surface area (Å²) in [6.45, 7) is 8.18. The number of benzene rings is 1. The van der Waals surface area contributed by atoms with E-state index in [2.05, 4.69) is 71.6 Å². The van der Waals surface area contributed by atoms with Crippen LogP contribution in [0, 0.1) is 0 Å². The zero-order valence-electron chi connectivity index (χ0n) is 24.2. The first-order valence-corrected chi connectivity index (χ1v) is 16.3. The predicted octanol–water partition coefficient (Wildman–Crippen LogP) is 5.72. The Morgan fingerprint density at radius 2 is 1.88 bits per heavy atom. The van der Waals surface area contributed by atoms with Crippen molar-refractivity contribution in [1.29, 1.82) is 0 Å². The van der Waals surface area contributed by atoms with Crippen molar-refractivity contribution in [3.05, 3.63) is 59.8 Å². The lowest BCUT2D eigenvalue weighted by Gasteiger charge is -2.46. The second-order valence-electron chi connectivity index (χ2n) is 12.5. The molecule has 10 heteroatoms. The minimum atomic E-state index is -2.35. The van der Waals surface area contributed by atoms with Crippen molar-refractivity contribution in [1.82, 2.24) is 19.9 Å². The fourth-order valence-electron chi connectivity index (χ4n) is 6.33. The summed E-state index contributed by atoms with van der Waals surface area (Å²) in [4.78, 5) is 19.2. The highest BCUT2D eigenvalue weighted by Crippen LogP contribution is 2.53.